The third-order valence-corrected chi connectivity index (χ3v) is 6.18. The van der Waals surface area contributed by atoms with Crippen LogP contribution in [0.1, 0.15) is 29.5 Å². The number of anilines is 2. The number of rotatable bonds is 4. The van der Waals surface area contributed by atoms with Crippen molar-refractivity contribution >= 4 is 34.2 Å². The van der Waals surface area contributed by atoms with Gasteiger partial charge in [-0.1, -0.05) is 12.1 Å². The Bertz CT molecular complexity index is 1520. The number of nitrogens with zero attached hydrogens (tertiary/aromatic N) is 4. The van der Waals surface area contributed by atoms with Gasteiger partial charge in [0.05, 0.1) is 22.9 Å². The summed E-state index contributed by atoms with van der Waals surface area (Å²) in [4.78, 5) is 38.1. The molecule has 172 valence electrons. The number of nitrogens with two attached hydrogens (primary N) is 1. The molecule has 9 nitrogen and oxygen atoms in total. The number of fused-ring (bicyclic) bond motifs is 1. The minimum atomic E-state index is -0.817. The van der Waals surface area contributed by atoms with Crippen molar-refractivity contribution in [2.45, 2.75) is 25.3 Å². The smallest absolute Gasteiger partial charge is 0.314 e. The summed E-state index contributed by atoms with van der Waals surface area (Å²) in [6.07, 6.45) is 6.38. The summed E-state index contributed by atoms with van der Waals surface area (Å²) in [5.41, 5.74) is 9.47. The van der Waals surface area contributed by atoms with E-state index in [0.29, 0.717) is 22.5 Å². The lowest BCUT2D eigenvalue weighted by atomic mass is 10.0. The summed E-state index contributed by atoms with van der Waals surface area (Å²) in [5, 5.41) is 15.7. The Morgan fingerprint density at radius 3 is 2.54 bits per heavy atom. The quantitative estimate of drug-likeness (QED) is 0.394. The molecule has 0 atom stereocenters. The highest BCUT2D eigenvalue weighted by molar-refractivity contribution is 6.39. The number of amides is 2. The number of benzene rings is 1. The molecule has 1 aromatic carbocycles. The Morgan fingerprint density at radius 2 is 1.86 bits per heavy atom. The Morgan fingerprint density at radius 1 is 1.09 bits per heavy atom. The summed E-state index contributed by atoms with van der Waals surface area (Å²) in [6, 6.07) is 14.5. The summed E-state index contributed by atoms with van der Waals surface area (Å²) in [7, 11) is 0. The van der Waals surface area contributed by atoms with Gasteiger partial charge in [0.1, 0.15) is 11.6 Å². The van der Waals surface area contributed by atoms with E-state index in [-0.39, 0.29) is 5.82 Å². The van der Waals surface area contributed by atoms with Gasteiger partial charge in [-0.05, 0) is 66.6 Å². The number of carbonyl (C=O) groups is 2. The molecule has 4 N–H and O–H groups in total. The summed E-state index contributed by atoms with van der Waals surface area (Å²) in [5.74, 6) is -1.04. The molecular formula is C26H21N7O2. The first kappa shape index (κ1) is 22.0. The van der Waals surface area contributed by atoms with Crippen LogP contribution in [0.2, 0.25) is 0 Å². The molecule has 1 aliphatic carbocycles. The maximum absolute atomic E-state index is 12.7. The van der Waals surface area contributed by atoms with Crippen molar-refractivity contribution in [3.8, 4) is 17.3 Å². The first-order valence-electron chi connectivity index (χ1n) is 11.0. The number of pyridine rings is 3. The highest BCUT2D eigenvalue weighted by Crippen LogP contribution is 2.45. The number of aryl methyl sites for hydroxylation is 1. The molecule has 2 amide bonds. The fourth-order valence-corrected chi connectivity index (χ4v) is 4.03. The molecule has 5 rings (SSSR count). The molecule has 0 saturated heterocycles. The van der Waals surface area contributed by atoms with Gasteiger partial charge in [-0.25, -0.2) is 9.97 Å². The van der Waals surface area contributed by atoms with Crippen molar-refractivity contribution in [1.29, 1.82) is 5.26 Å². The van der Waals surface area contributed by atoms with Gasteiger partial charge in [0.2, 0.25) is 0 Å². The maximum Gasteiger partial charge on any atom is 0.314 e. The molecule has 9 heteroatoms. The predicted octanol–water partition coefficient (Wildman–Crippen LogP) is 3.20. The standard InChI is InChI=1S/C26H21N7O2/c1-15-6-9-29-13-19(15)21-10-17-11-22(30-14-20(17)23(28)31-21)32-24(34)25(35)33-26(7-8-26)18-4-2-16(12-27)3-5-18/h2-6,9-11,13-14H,7-8H2,1H3,(H2,28,31)(H,33,35)(H,30,32,34). The van der Waals surface area contributed by atoms with E-state index in [1.54, 1.807) is 42.7 Å². The molecule has 1 fully saturated rings. The lowest BCUT2D eigenvalue weighted by molar-refractivity contribution is -0.136. The molecule has 0 radical (unpaired) electrons. The highest BCUT2D eigenvalue weighted by Gasteiger charge is 2.46. The van der Waals surface area contributed by atoms with Crippen molar-refractivity contribution in [1.82, 2.24) is 20.3 Å². The van der Waals surface area contributed by atoms with Gasteiger partial charge < -0.3 is 16.4 Å². The largest absolute Gasteiger partial charge is 0.383 e. The third kappa shape index (κ3) is 4.25. The topological polar surface area (TPSA) is 147 Å². The van der Waals surface area contributed by atoms with Gasteiger partial charge in [-0.15, -0.1) is 0 Å². The first-order chi connectivity index (χ1) is 16.9. The average Bonchev–Trinajstić information content (AvgIpc) is 3.64. The Hall–Kier alpha value is -4.84. The van der Waals surface area contributed by atoms with Crippen LogP contribution in [0.25, 0.3) is 22.0 Å². The Labute approximate surface area is 201 Å². The van der Waals surface area contributed by atoms with E-state index in [9.17, 15) is 9.59 Å². The maximum atomic E-state index is 12.7. The van der Waals surface area contributed by atoms with Crippen LogP contribution in [0.3, 0.4) is 0 Å². The van der Waals surface area contributed by atoms with Crippen molar-refractivity contribution in [2.24, 2.45) is 0 Å². The van der Waals surface area contributed by atoms with Gasteiger partial charge in [0, 0.05) is 29.5 Å². The molecule has 0 aliphatic heterocycles. The lowest BCUT2D eigenvalue weighted by Crippen LogP contribution is -2.42. The molecule has 3 aromatic heterocycles. The number of aromatic nitrogens is 3. The Kier molecular flexibility index (Phi) is 5.34. The SMILES string of the molecule is Cc1ccncc1-c1cc2cc(NC(=O)C(=O)NC3(c4ccc(C#N)cc4)CC3)ncc2c(N)n1. The fourth-order valence-electron chi connectivity index (χ4n) is 4.03. The number of nitriles is 1. The summed E-state index contributed by atoms with van der Waals surface area (Å²) >= 11 is 0. The first-order valence-corrected chi connectivity index (χ1v) is 11.0. The fraction of sp³-hybridized carbons (Fsp3) is 0.154. The third-order valence-electron chi connectivity index (χ3n) is 6.18. The normalized spacial score (nSPS) is 13.6. The van der Waals surface area contributed by atoms with Gasteiger partial charge >= 0.3 is 11.8 Å². The number of carbonyl (C=O) groups excluding carboxylic acids is 2. The molecule has 4 aromatic rings. The van der Waals surface area contributed by atoms with E-state index in [1.807, 2.05) is 19.1 Å². The van der Waals surface area contributed by atoms with Crippen LogP contribution < -0.4 is 16.4 Å². The molecule has 1 aliphatic rings. The summed E-state index contributed by atoms with van der Waals surface area (Å²) < 4.78 is 0. The second-order valence-corrected chi connectivity index (χ2v) is 8.55. The molecule has 35 heavy (non-hydrogen) atoms. The van der Waals surface area contributed by atoms with E-state index in [4.69, 9.17) is 11.0 Å². The van der Waals surface area contributed by atoms with E-state index in [1.165, 1.54) is 6.20 Å². The molecular weight excluding hydrogens is 442 g/mol. The van der Waals surface area contributed by atoms with Crippen LogP contribution in [0.15, 0.2) is 61.1 Å². The number of hydrogen-bond acceptors (Lipinski definition) is 7. The zero-order valence-electron chi connectivity index (χ0n) is 18.9. The number of nitrogens with one attached hydrogen (secondary N) is 2. The van der Waals surface area contributed by atoms with Crippen molar-refractivity contribution in [3.63, 3.8) is 0 Å². The van der Waals surface area contributed by atoms with Crippen LogP contribution in [-0.2, 0) is 15.1 Å². The van der Waals surface area contributed by atoms with Crippen molar-refractivity contribution in [3.05, 3.63) is 77.7 Å². The molecule has 1 saturated carbocycles. The molecule has 3 heterocycles. The Balaban J connectivity index is 1.35. The minimum absolute atomic E-state index is 0.223. The van der Waals surface area contributed by atoms with Crippen LogP contribution in [0.4, 0.5) is 11.6 Å². The van der Waals surface area contributed by atoms with Crippen LogP contribution >= 0.6 is 0 Å². The molecule has 0 unspecified atom stereocenters. The van der Waals surface area contributed by atoms with Crippen molar-refractivity contribution in [2.75, 3.05) is 11.1 Å². The monoisotopic (exact) mass is 463 g/mol. The predicted molar refractivity (Wildman–Crippen MR) is 131 cm³/mol. The van der Waals surface area contributed by atoms with Gasteiger partial charge in [0.25, 0.3) is 0 Å². The number of nitrogen functional groups attached to an aromatic ring is 1. The minimum Gasteiger partial charge on any atom is -0.383 e. The van der Waals surface area contributed by atoms with E-state index >= 15 is 0 Å². The van der Waals surface area contributed by atoms with Gasteiger partial charge in [0.15, 0.2) is 0 Å². The molecule has 0 bridgehead atoms. The average molecular weight is 464 g/mol. The second-order valence-electron chi connectivity index (χ2n) is 8.55. The zero-order chi connectivity index (χ0) is 24.6. The van der Waals surface area contributed by atoms with Crippen LogP contribution in [0, 0.1) is 18.3 Å². The van der Waals surface area contributed by atoms with Crippen LogP contribution in [0.5, 0.6) is 0 Å². The van der Waals surface area contributed by atoms with Gasteiger partial charge in [-0.3, -0.25) is 14.6 Å². The molecule has 0 spiro atoms. The summed E-state index contributed by atoms with van der Waals surface area (Å²) in [6.45, 7) is 1.96. The van der Waals surface area contributed by atoms with E-state index in [2.05, 4.69) is 31.7 Å². The highest BCUT2D eigenvalue weighted by atomic mass is 16.2. The van der Waals surface area contributed by atoms with E-state index < -0.39 is 17.4 Å². The zero-order valence-corrected chi connectivity index (χ0v) is 18.9. The lowest BCUT2D eigenvalue weighted by Gasteiger charge is -2.17. The number of hydrogen-bond donors (Lipinski definition) is 3. The van der Waals surface area contributed by atoms with E-state index in [0.717, 1.165) is 34.9 Å². The van der Waals surface area contributed by atoms with Crippen molar-refractivity contribution < 1.29 is 9.59 Å². The second kappa shape index (κ2) is 8.50. The van der Waals surface area contributed by atoms with Crippen LogP contribution in [-0.4, -0.2) is 26.8 Å². The van der Waals surface area contributed by atoms with Gasteiger partial charge in [-0.2, -0.15) is 5.26 Å².